The van der Waals surface area contributed by atoms with E-state index in [9.17, 15) is 4.79 Å². The smallest absolute Gasteiger partial charge is 0.278 e. The van der Waals surface area contributed by atoms with E-state index < -0.39 is 0 Å². The SMILES string of the molecule is Cc1cc(C)c2nc(N(Cc3ccccc3)C(=O)c3ccnn3C)sc2c1. The van der Waals surface area contributed by atoms with Crippen LogP contribution in [0.1, 0.15) is 27.2 Å². The van der Waals surface area contributed by atoms with Gasteiger partial charge in [0.05, 0.1) is 16.8 Å². The Balaban J connectivity index is 1.81. The average Bonchev–Trinajstić information content (AvgIpc) is 3.26. The fourth-order valence-electron chi connectivity index (χ4n) is 3.19. The Morgan fingerprint density at radius 3 is 2.63 bits per heavy atom. The molecule has 5 nitrogen and oxygen atoms in total. The van der Waals surface area contributed by atoms with Crippen LogP contribution in [0.3, 0.4) is 0 Å². The average molecular weight is 376 g/mol. The molecule has 0 saturated carbocycles. The van der Waals surface area contributed by atoms with Gasteiger partial charge in [0.25, 0.3) is 5.91 Å². The molecule has 2 heterocycles. The van der Waals surface area contributed by atoms with E-state index in [0.29, 0.717) is 17.4 Å². The molecule has 0 unspecified atom stereocenters. The van der Waals surface area contributed by atoms with Crippen molar-refractivity contribution < 1.29 is 4.79 Å². The van der Waals surface area contributed by atoms with Gasteiger partial charge in [-0.15, -0.1) is 0 Å². The van der Waals surface area contributed by atoms with Crippen LogP contribution in [0.4, 0.5) is 5.13 Å². The van der Waals surface area contributed by atoms with E-state index in [4.69, 9.17) is 4.98 Å². The van der Waals surface area contributed by atoms with Crippen LogP contribution < -0.4 is 4.90 Å². The van der Waals surface area contributed by atoms with Gasteiger partial charge in [-0.2, -0.15) is 5.10 Å². The first kappa shape index (κ1) is 17.4. The molecule has 27 heavy (non-hydrogen) atoms. The minimum absolute atomic E-state index is 0.104. The number of carbonyl (C=O) groups excluding carboxylic acids is 1. The standard InChI is InChI=1S/C21H20N4OS/c1-14-11-15(2)19-18(12-14)27-21(23-19)25(13-16-7-5-4-6-8-16)20(26)17-9-10-22-24(17)3/h4-12H,13H2,1-3H3. The maximum absolute atomic E-state index is 13.3. The molecule has 0 radical (unpaired) electrons. The second-order valence-corrected chi connectivity index (χ2v) is 7.65. The Morgan fingerprint density at radius 2 is 1.93 bits per heavy atom. The first-order valence-electron chi connectivity index (χ1n) is 8.74. The number of fused-ring (bicyclic) bond motifs is 1. The number of amides is 1. The molecule has 0 spiro atoms. The van der Waals surface area contributed by atoms with Gasteiger partial charge < -0.3 is 0 Å². The Bertz CT molecular complexity index is 1110. The predicted molar refractivity (Wildman–Crippen MR) is 109 cm³/mol. The monoisotopic (exact) mass is 376 g/mol. The lowest BCUT2D eigenvalue weighted by atomic mass is 10.1. The molecular formula is C21H20N4OS. The molecule has 0 saturated heterocycles. The number of carbonyl (C=O) groups is 1. The highest BCUT2D eigenvalue weighted by molar-refractivity contribution is 7.22. The summed E-state index contributed by atoms with van der Waals surface area (Å²) in [5.41, 5.74) is 4.87. The van der Waals surface area contributed by atoms with Crippen LogP contribution in [0.5, 0.6) is 0 Å². The largest absolute Gasteiger partial charge is 0.278 e. The minimum atomic E-state index is -0.104. The third-order valence-corrected chi connectivity index (χ3v) is 5.54. The molecular weight excluding hydrogens is 356 g/mol. The van der Waals surface area contributed by atoms with Gasteiger partial charge in [-0.05, 0) is 42.7 Å². The van der Waals surface area contributed by atoms with Crippen molar-refractivity contribution in [3.05, 3.63) is 77.1 Å². The van der Waals surface area contributed by atoms with E-state index in [1.54, 1.807) is 40.2 Å². The maximum Gasteiger partial charge on any atom is 0.278 e. The number of hydrogen-bond acceptors (Lipinski definition) is 4. The normalized spacial score (nSPS) is 11.1. The van der Waals surface area contributed by atoms with Gasteiger partial charge in [-0.3, -0.25) is 14.4 Å². The Labute approximate surface area is 161 Å². The summed E-state index contributed by atoms with van der Waals surface area (Å²) in [6.45, 7) is 4.60. The fraction of sp³-hybridized carbons (Fsp3) is 0.190. The van der Waals surface area contributed by atoms with Crippen LogP contribution in [-0.2, 0) is 13.6 Å². The van der Waals surface area contributed by atoms with Crippen LogP contribution >= 0.6 is 11.3 Å². The van der Waals surface area contributed by atoms with E-state index in [2.05, 4.69) is 31.1 Å². The van der Waals surface area contributed by atoms with Crippen molar-refractivity contribution >= 4 is 32.6 Å². The number of nitrogens with zero attached hydrogens (tertiary/aromatic N) is 4. The molecule has 4 rings (SSSR count). The van der Waals surface area contributed by atoms with Gasteiger partial charge >= 0.3 is 0 Å². The topological polar surface area (TPSA) is 51.0 Å². The fourth-order valence-corrected chi connectivity index (χ4v) is 4.33. The molecule has 6 heteroatoms. The molecule has 0 aliphatic heterocycles. The Kier molecular flexibility index (Phi) is 4.49. The van der Waals surface area contributed by atoms with Crippen molar-refractivity contribution in [3.8, 4) is 0 Å². The van der Waals surface area contributed by atoms with Crippen LogP contribution in [0, 0.1) is 13.8 Å². The number of benzene rings is 2. The molecule has 0 aliphatic rings. The molecule has 2 aromatic carbocycles. The van der Waals surface area contributed by atoms with Gasteiger partial charge in [-0.25, -0.2) is 4.98 Å². The van der Waals surface area contributed by atoms with Crippen LogP contribution in [-0.4, -0.2) is 20.7 Å². The highest BCUT2D eigenvalue weighted by Crippen LogP contribution is 2.33. The second-order valence-electron chi connectivity index (χ2n) is 6.64. The summed E-state index contributed by atoms with van der Waals surface area (Å²) in [4.78, 5) is 19.8. The van der Waals surface area contributed by atoms with Crippen LogP contribution in [0.25, 0.3) is 10.2 Å². The highest BCUT2D eigenvalue weighted by Gasteiger charge is 2.24. The zero-order valence-electron chi connectivity index (χ0n) is 15.5. The van der Waals surface area contributed by atoms with Gasteiger partial charge in [0.2, 0.25) is 0 Å². The Hall–Kier alpha value is -2.99. The third-order valence-electron chi connectivity index (χ3n) is 4.52. The summed E-state index contributed by atoms with van der Waals surface area (Å²) >= 11 is 1.55. The van der Waals surface area contributed by atoms with E-state index in [1.807, 2.05) is 30.3 Å². The van der Waals surface area contributed by atoms with Crippen molar-refractivity contribution in [2.45, 2.75) is 20.4 Å². The summed E-state index contributed by atoms with van der Waals surface area (Å²) < 4.78 is 2.70. The molecule has 0 N–H and O–H groups in total. The molecule has 0 bridgehead atoms. The number of aromatic nitrogens is 3. The molecule has 136 valence electrons. The first-order valence-corrected chi connectivity index (χ1v) is 9.56. The molecule has 2 aromatic heterocycles. The van der Waals surface area contributed by atoms with Crippen molar-refractivity contribution in [1.29, 1.82) is 0 Å². The van der Waals surface area contributed by atoms with Crippen LogP contribution in [0.15, 0.2) is 54.7 Å². The van der Waals surface area contributed by atoms with Crippen molar-refractivity contribution in [2.75, 3.05) is 4.90 Å². The number of thiazole rings is 1. The van der Waals surface area contributed by atoms with Gasteiger partial charge in [0.15, 0.2) is 5.13 Å². The molecule has 0 fully saturated rings. The Morgan fingerprint density at radius 1 is 1.15 bits per heavy atom. The summed E-state index contributed by atoms with van der Waals surface area (Å²) in [6, 6.07) is 16.0. The highest BCUT2D eigenvalue weighted by atomic mass is 32.1. The zero-order valence-corrected chi connectivity index (χ0v) is 16.3. The lowest BCUT2D eigenvalue weighted by Crippen LogP contribution is -2.31. The lowest BCUT2D eigenvalue weighted by Gasteiger charge is -2.20. The van der Waals surface area contributed by atoms with E-state index in [0.717, 1.165) is 21.3 Å². The second kappa shape index (κ2) is 6.96. The van der Waals surface area contributed by atoms with E-state index in [1.165, 1.54) is 5.56 Å². The van der Waals surface area contributed by atoms with Crippen molar-refractivity contribution in [1.82, 2.24) is 14.8 Å². The summed E-state index contributed by atoms with van der Waals surface area (Å²) in [5, 5.41) is 4.84. The quantitative estimate of drug-likeness (QED) is 0.527. The van der Waals surface area contributed by atoms with E-state index >= 15 is 0 Å². The molecule has 0 aliphatic carbocycles. The minimum Gasteiger partial charge on any atom is -0.278 e. The number of rotatable bonds is 4. The predicted octanol–water partition coefficient (Wildman–Crippen LogP) is 4.49. The van der Waals surface area contributed by atoms with Crippen molar-refractivity contribution in [3.63, 3.8) is 0 Å². The number of hydrogen-bond donors (Lipinski definition) is 0. The summed E-state index contributed by atoms with van der Waals surface area (Å²) in [7, 11) is 1.78. The summed E-state index contributed by atoms with van der Waals surface area (Å²) in [5.74, 6) is -0.104. The number of aryl methyl sites for hydroxylation is 3. The molecule has 1 amide bonds. The maximum atomic E-state index is 13.3. The first-order chi connectivity index (χ1) is 13.0. The third kappa shape index (κ3) is 3.36. The van der Waals surface area contributed by atoms with Crippen LogP contribution in [0.2, 0.25) is 0 Å². The van der Waals surface area contributed by atoms with E-state index in [-0.39, 0.29) is 5.91 Å². The summed E-state index contributed by atoms with van der Waals surface area (Å²) in [6.07, 6.45) is 1.64. The number of anilines is 1. The molecule has 0 atom stereocenters. The zero-order chi connectivity index (χ0) is 19.0. The van der Waals surface area contributed by atoms with Gasteiger partial charge in [0.1, 0.15) is 5.69 Å². The van der Waals surface area contributed by atoms with Gasteiger partial charge in [0, 0.05) is 13.2 Å². The lowest BCUT2D eigenvalue weighted by molar-refractivity contribution is 0.0976. The van der Waals surface area contributed by atoms with Gasteiger partial charge in [-0.1, -0.05) is 47.7 Å². The molecule has 4 aromatic rings. The van der Waals surface area contributed by atoms with Crippen molar-refractivity contribution in [2.24, 2.45) is 7.05 Å².